The van der Waals surface area contributed by atoms with Crippen molar-refractivity contribution in [1.82, 2.24) is 20.0 Å². The molecule has 0 aliphatic carbocycles. The monoisotopic (exact) mass is 262 g/mol. The number of nitrogens with one attached hydrogen (secondary N) is 1. The van der Waals surface area contributed by atoms with E-state index in [9.17, 15) is 9.59 Å². The fourth-order valence-corrected chi connectivity index (χ4v) is 2.99. The molecule has 1 N–H and O–H groups in total. The van der Waals surface area contributed by atoms with Gasteiger partial charge < -0.3 is 10.2 Å². The van der Waals surface area contributed by atoms with Gasteiger partial charge in [-0.05, 0) is 24.8 Å². The van der Waals surface area contributed by atoms with Crippen molar-refractivity contribution in [2.45, 2.75) is 25.3 Å². The highest BCUT2D eigenvalue weighted by atomic mass is 16.2. The number of rotatable bonds is 1. The van der Waals surface area contributed by atoms with Gasteiger partial charge in [-0.1, -0.05) is 0 Å². The number of piperidine rings is 2. The number of aromatic nitrogens is 2. The summed E-state index contributed by atoms with van der Waals surface area (Å²) in [7, 11) is 1.81. The summed E-state index contributed by atoms with van der Waals surface area (Å²) in [5.74, 6) is 0.529. The quantitative estimate of drug-likeness (QED) is 0.784. The minimum Gasteiger partial charge on any atom is -0.353 e. The van der Waals surface area contributed by atoms with Gasteiger partial charge in [-0.15, -0.1) is 0 Å². The zero-order valence-corrected chi connectivity index (χ0v) is 11.0. The topological polar surface area (TPSA) is 67.2 Å². The lowest BCUT2D eigenvalue weighted by molar-refractivity contribution is -0.125. The Kier molecular flexibility index (Phi) is 3.00. The number of carbonyl (C=O) groups is 2. The molecule has 0 spiro atoms. The van der Waals surface area contributed by atoms with Gasteiger partial charge in [-0.3, -0.25) is 14.3 Å². The highest BCUT2D eigenvalue weighted by molar-refractivity contribution is 5.92. The highest BCUT2D eigenvalue weighted by Crippen LogP contribution is 2.26. The van der Waals surface area contributed by atoms with Crippen molar-refractivity contribution in [2.75, 3.05) is 13.1 Å². The minimum atomic E-state index is -0.00375. The Morgan fingerprint density at radius 1 is 1.47 bits per heavy atom. The molecule has 1 aromatic rings. The average molecular weight is 262 g/mol. The van der Waals surface area contributed by atoms with Crippen LogP contribution in [0.25, 0.3) is 0 Å². The summed E-state index contributed by atoms with van der Waals surface area (Å²) < 4.78 is 1.64. The first-order valence-corrected chi connectivity index (χ1v) is 6.72. The van der Waals surface area contributed by atoms with Crippen LogP contribution in [-0.2, 0) is 11.8 Å². The second-order valence-corrected chi connectivity index (χ2v) is 5.39. The van der Waals surface area contributed by atoms with Crippen molar-refractivity contribution >= 4 is 11.8 Å². The van der Waals surface area contributed by atoms with Crippen LogP contribution < -0.4 is 5.32 Å². The number of hydrogen-bond acceptors (Lipinski definition) is 3. The zero-order valence-electron chi connectivity index (χ0n) is 11.0. The maximum atomic E-state index is 12.3. The minimum absolute atomic E-state index is 0.00375. The van der Waals surface area contributed by atoms with E-state index in [0.29, 0.717) is 24.6 Å². The molecule has 0 bridgehead atoms. The summed E-state index contributed by atoms with van der Waals surface area (Å²) in [4.78, 5) is 25.5. The van der Waals surface area contributed by atoms with Crippen molar-refractivity contribution in [3.8, 4) is 0 Å². The van der Waals surface area contributed by atoms with Gasteiger partial charge in [0, 0.05) is 38.8 Å². The number of hydrogen-bond donors (Lipinski definition) is 1. The zero-order chi connectivity index (χ0) is 13.4. The predicted molar refractivity (Wildman–Crippen MR) is 68.4 cm³/mol. The van der Waals surface area contributed by atoms with Crippen LogP contribution in [0.3, 0.4) is 0 Å². The van der Waals surface area contributed by atoms with Gasteiger partial charge in [-0.2, -0.15) is 5.10 Å². The standard InChI is InChI=1S/C13H18N4O2/c1-16-6-4-11(15-16)13(19)17-7-5-10-9(8-17)2-3-12(18)14-10/h4,6,9-10H,2-3,5,7-8H2,1H3,(H,14,18). The van der Waals surface area contributed by atoms with Gasteiger partial charge in [0.25, 0.3) is 5.91 Å². The van der Waals surface area contributed by atoms with Crippen LogP contribution in [0.5, 0.6) is 0 Å². The normalized spacial score (nSPS) is 26.8. The third-order valence-corrected chi connectivity index (χ3v) is 4.04. The van der Waals surface area contributed by atoms with E-state index in [4.69, 9.17) is 0 Å². The van der Waals surface area contributed by atoms with E-state index in [2.05, 4.69) is 10.4 Å². The van der Waals surface area contributed by atoms with Gasteiger partial charge in [0.15, 0.2) is 0 Å². The molecule has 0 saturated carbocycles. The van der Waals surface area contributed by atoms with Crippen molar-refractivity contribution in [3.63, 3.8) is 0 Å². The summed E-state index contributed by atoms with van der Waals surface area (Å²) in [6, 6.07) is 1.99. The molecule has 2 aliphatic rings. The molecule has 0 radical (unpaired) electrons. The maximum absolute atomic E-state index is 12.3. The fourth-order valence-electron chi connectivity index (χ4n) is 2.99. The molecule has 0 aromatic carbocycles. The number of fused-ring (bicyclic) bond motifs is 1. The first-order valence-electron chi connectivity index (χ1n) is 6.72. The summed E-state index contributed by atoms with van der Waals surface area (Å²) in [5, 5.41) is 7.18. The van der Waals surface area contributed by atoms with Crippen molar-refractivity contribution < 1.29 is 9.59 Å². The van der Waals surface area contributed by atoms with E-state index in [0.717, 1.165) is 19.4 Å². The highest BCUT2D eigenvalue weighted by Gasteiger charge is 2.35. The van der Waals surface area contributed by atoms with E-state index in [1.54, 1.807) is 24.0 Å². The first kappa shape index (κ1) is 12.2. The van der Waals surface area contributed by atoms with Gasteiger partial charge in [-0.25, -0.2) is 0 Å². The summed E-state index contributed by atoms with van der Waals surface area (Å²) in [6.07, 6.45) is 4.07. The molecule has 2 amide bonds. The number of nitrogens with zero attached hydrogens (tertiary/aromatic N) is 3. The molecule has 19 heavy (non-hydrogen) atoms. The van der Waals surface area contributed by atoms with Crippen LogP contribution in [0.2, 0.25) is 0 Å². The Morgan fingerprint density at radius 2 is 2.32 bits per heavy atom. The lowest BCUT2D eigenvalue weighted by Gasteiger charge is -2.41. The Bertz CT molecular complexity index is 510. The maximum Gasteiger partial charge on any atom is 0.274 e. The van der Waals surface area contributed by atoms with Crippen LogP contribution >= 0.6 is 0 Å². The summed E-state index contributed by atoms with van der Waals surface area (Å²) in [5.41, 5.74) is 0.501. The van der Waals surface area contributed by atoms with Crippen molar-refractivity contribution in [2.24, 2.45) is 13.0 Å². The third-order valence-electron chi connectivity index (χ3n) is 4.04. The lowest BCUT2D eigenvalue weighted by Crippen LogP contribution is -2.55. The molecule has 102 valence electrons. The molecule has 2 fully saturated rings. The van der Waals surface area contributed by atoms with Gasteiger partial charge in [0.05, 0.1) is 0 Å². The molecule has 3 heterocycles. The van der Waals surface area contributed by atoms with E-state index >= 15 is 0 Å². The van der Waals surface area contributed by atoms with Crippen LogP contribution in [-0.4, -0.2) is 45.6 Å². The SMILES string of the molecule is Cn1ccc(C(=O)N2CCC3NC(=O)CCC3C2)n1. The van der Waals surface area contributed by atoms with Gasteiger partial charge in [0.1, 0.15) is 5.69 Å². The molecule has 6 nitrogen and oxygen atoms in total. The third kappa shape index (κ3) is 2.34. The van der Waals surface area contributed by atoms with Gasteiger partial charge >= 0.3 is 0 Å². The molecule has 2 saturated heterocycles. The summed E-state index contributed by atoms with van der Waals surface area (Å²) >= 11 is 0. The Hall–Kier alpha value is -1.85. The van der Waals surface area contributed by atoms with E-state index in [-0.39, 0.29) is 17.9 Å². The van der Waals surface area contributed by atoms with E-state index in [1.165, 1.54) is 0 Å². The number of aryl methyl sites for hydroxylation is 1. The molecule has 2 aliphatic heterocycles. The van der Waals surface area contributed by atoms with Crippen LogP contribution in [0.15, 0.2) is 12.3 Å². The predicted octanol–water partition coefficient (Wildman–Crippen LogP) is 0.161. The van der Waals surface area contributed by atoms with Crippen LogP contribution in [0, 0.1) is 5.92 Å². The smallest absolute Gasteiger partial charge is 0.274 e. The Labute approximate surface area is 111 Å². The molecular weight excluding hydrogens is 244 g/mol. The van der Waals surface area contributed by atoms with Gasteiger partial charge in [0.2, 0.25) is 5.91 Å². The first-order chi connectivity index (χ1) is 9.13. The van der Waals surface area contributed by atoms with Crippen molar-refractivity contribution in [3.05, 3.63) is 18.0 Å². The van der Waals surface area contributed by atoms with E-state index in [1.807, 2.05) is 4.90 Å². The Balaban J connectivity index is 1.68. The number of likely N-dealkylation sites (tertiary alicyclic amines) is 1. The lowest BCUT2D eigenvalue weighted by atomic mass is 9.85. The second-order valence-electron chi connectivity index (χ2n) is 5.39. The fraction of sp³-hybridized carbons (Fsp3) is 0.615. The molecule has 3 rings (SSSR count). The molecule has 2 unspecified atom stereocenters. The average Bonchev–Trinajstić information content (AvgIpc) is 2.84. The van der Waals surface area contributed by atoms with E-state index < -0.39 is 0 Å². The second kappa shape index (κ2) is 4.68. The molecule has 6 heteroatoms. The molecule has 2 atom stereocenters. The number of carbonyl (C=O) groups excluding carboxylic acids is 2. The number of amides is 2. The molecular formula is C13H18N4O2. The van der Waals surface area contributed by atoms with Crippen LogP contribution in [0.4, 0.5) is 0 Å². The summed E-state index contributed by atoms with van der Waals surface area (Å²) in [6.45, 7) is 1.41. The largest absolute Gasteiger partial charge is 0.353 e. The Morgan fingerprint density at radius 3 is 3.05 bits per heavy atom. The van der Waals surface area contributed by atoms with Crippen molar-refractivity contribution in [1.29, 1.82) is 0 Å². The molecule has 1 aromatic heterocycles. The van der Waals surface area contributed by atoms with Crippen LogP contribution in [0.1, 0.15) is 29.8 Å².